The maximum atomic E-state index is 13.0. The van der Waals surface area contributed by atoms with Gasteiger partial charge in [-0.15, -0.1) is 0 Å². The normalized spacial score (nSPS) is 16.9. The molecule has 0 saturated heterocycles. The fourth-order valence-electron chi connectivity index (χ4n) is 3.53. The van der Waals surface area contributed by atoms with Gasteiger partial charge < -0.3 is 5.11 Å². The van der Waals surface area contributed by atoms with Gasteiger partial charge in [-0.2, -0.15) is 18.3 Å². The molecule has 1 fully saturated rings. The maximum absolute atomic E-state index is 13.0. The highest BCUT2D eigenvalue weighted by Crippen LogP contribution is 2.40. The number of pyridine rings is 1. The van der Waals surface area contributed by atoms with Gasteiger partial charge in [-0.1, -0.05) is 18.5 Å². The molecule has 0 amide bonds. The summed E-state index contributed by atoms with van der Waals surface area (Å²) in [6.45, 7) is 1.65. The van der Waals surface area contributed by atoms with Gasteiger partial charge in [0.25, 0.3) is 5.56 Å². The first kappa shape index (κ1) is 19.8. The summed E-state index contributed by atoms with van der Waals surface area (Å²) in [5, 5.41) is 15.0. The fourth-order valence-corrected chi connectivity index (χ4v) is 3.80. The van der Waals surface area contributed by atoms with Crippen LogP contribution in [0, 0.1) is 0 Å². The molecule has 0 aromatic carbocycles. The lowest BCUT2D eigenvalue weighted by Gasteiger charge is -2.28. The van der Waals surface area contributed by atoms with Crippen LogP contribution >= 0.6 is 11.6 Å². The van der Waals surface area contributed by atoms with Gasteiger partial charge in [0.05, 0.1) is 11.3 Å². The standard InChI is InChI=1S/C18H17ClF3N5O2/c1-3-17(29,9-6-11(19)14(23-7-9)18(20,21)22)15-12-13(25-26(15)2)16(28)27(8-24-12)10-4-5-10/h6-8,10,29H,3-5H2,1-2H3/t17-/m1/s1. The molecule has 29 heavy (non-hydrogen) atoms. The van der Waals surface area contributed by atoms with Crippen molar-refractivity contribution >= 4 is 22.6 Å². The van der Waals surface area contributed by atoms with Gasteiger partial charge >= 0.3 is 6.18 Å². The monoisotopic (exact) mass is 427 g/mol. The fraction of sp³-hybridized carbons (Fsp3) is 0.444. The zero-order valence-corrected chi connectivity index (χ0v) is 16.3. The second-order valence-electron chi connectivity index (χ2n) is 7.12. The molecule has 0 bridgehead atoms. The van der Waals surface area contributed by atoms with E-state index in [9.17, 15) is 23.1 Å². The van der Waals surface area contributed by atoms with E-state index in [1.165, 1.54) is 22.6 Å². The van der Waals surface area contributed by atoms with E-state index in [0.717, 1.165) is 25.1 Å². The second-order valence-corrected chi connectivity index (χ2v) is 7.53. The van der Waals surface area contributed by atoms with Crippen LogP contribution in [0.1, 0.15) is 49.2 Å². The first-order valence-corrected chi connectivity index (χ1v) is 9.35. The number of aryl methyl sites for hydroxylation is 1. The topological polar surface area (TPSA) is 85.8 Å². The Morgan fingerprint density at radius 2 is 1.97 bits per heavy atom. The number of hydrogen-bond acceptors (Lipinski definition) is 5. The molecule has 1 saturated carbocycles. The molecule has 3 aromatic rings. The van der Waals surface area contributed by atoms with Crippen molar-refractivity contribution in [3.05, 3.63) is 50.9 Å². The zero-order chi connectivity index (χ0) is 21.1. The van der Waals surface area contributed by atoms with Gasteiger partial charge in [-0.25, -0.2) is 9.97 Å². The minimum atomic E-state index is -4.71. The molecule has 0 unspecified atom stereocenters. The molecule has 11 heteroatoms. The molecule has 0 spiro atoms. The Balaban J connectivity index is 1.90. The second kappa shape index (κ2) is 6.53. The van der Waals surface area contributed by atoms with E-state index < -0.39 is 22.5 Å². The third-order valence-corrected chi connectivity index (χ3v) is 5.49. The van der Waals surface area contributed by atoms with Crippen molar-refractivity contribution in [1.29, 1.82) is 0 Å². The first-order chi connectivity index (χ1) is 13.6. The number of nitrogens with zero attached hydrogens (tertiary/aromatic N) is 5. The highest BCUT2D eigenvalue weighted by Gasteiger charge is 2.40. The van der Waals surface area contributed by atoms with Crippen LogP contribution in [0.2, 0.25) is 5.02 Å². The lowest BCUT2D eigenvalue weighted by molar-refractivity contribution is -0.141. The van der Waals surface area contributed by atoms with Crippen molar-refractivity contribution in [2.45, 2.75) is 44.0 Å². The molecule has 7 nitrogen and oxygen atoms in total. The third kappa shape index (κ3) is 3.10. The summed E-state index contributed by atoms with van der Waals surface area (Å²) in [6, 6.07) is 1.14. The number of hydrogen-bond donors (Lipinski definition) is 1. The van der Waals surface area contributed by atoms with Crippen LogP contribution in [0.3, 0.4) is 0 Å². The Morgan fingerprint density at radius 1 is 1.28 bits per heavy atom. The predicted molar refractivity (Wildman–Crippen MR) is 98.6 cm³/mol. The largest absolute Gasteiger partial charge is 0.434 e. The smallest absolute Gasteiger partial charge is 0.379 e. The molecule has 1 atom stereocenters. The summed E-state index contributed by atoms with van der Waals surface area (Å²) < 4.78 is 41.8. The molecule has 1 N–H and O–H groups in total. The van der Waals surface area contributed by atoms with Crippen LogP contribution in [-0.4, -0.2) is 29.4 Å². The summed E-state index contributed by atoms with van der Waals surface area (Å²) in [6.07, 6.45) is -0.514. The van der Waals surface area contributed by atoms with Gasteiger partial charge in [-0.3, -0.25) is 14.0 Å². The van der Waals surface area contributed by atoms with Gasteiger partial charge in [0, 0.05) is 24.8 Å². The van der Waals surface area contributed by atoms with Crippen molar-refractivity contribution < 1.29 is 18.3 Å². The summed E-state index contributed by atoms with van der Waals surface area (Å²) in [4.78, 5) is 20.5. The minimum absolute atomic E-state index is 0.0519. The lowest BCUT2D eigenvalue weighted by atomic mass is 9.88. The minimum Gasteiger partial charge on any atom is -0.379 e. The average Bonchev–Trinajstić information content (AvgIpc) is 3.42. The highest BCUT2D eigenvalue weighted by atomic mass is 35.5. The summed E-state index contributed by atoms with van der Waals surface area (Å²) in [5.41, 5.74) is -2.83. The van der Waals surface area contributed by atoms with Crippen LogP contribution in [0.4, 0.5) is 13.2 Å². The summed E-state index contributed by atoms with van der Waals surface area (Å²) >= 11 is 5.80. The number of rotatable bonds is 4. The third-order valence-electron chi connectivity index (χ3n) is 5.20. The molecular weight excluding hydrogens is 411 g/mol. The van der Waals surface area contributed by atoms with E-state index in [4.69, 9.17) is 11.6 Å². The van der Waals surface area contributed by atoms with Gasteiger partial charge in [-0.05, 0) is 25.3 Å². The van der Waals surface area contributed by atoms with Crippen molar-refractivity contribution in [2.75, 3.05) is 0 Å². The Bertz CT molecular complexity index is 1170. The Labute approximate surface area is 167 Å². The number of fused-ring (bicyclic) bond motifs is 1. The Morgan fingerprint density at radius 3 is 2.52 bits per heavy atom. The molecule has 1 aliphatic carbocycles. The van der Waals surface area contributed by atoms with Crippen molar-refractivity contribution in [1.82, 2.24) is 24.3 Å². The van der Waals surface area contributed by atoms with E-state index in [1.807, 2.05) is 0 Å². The maximum Gasteiger partial charge on any atom is 0.434 e. The van der Waals surface area contributed by atoms with Gasteiger partial charge in [0.15, 0.2) is 11.2 Å². The quantitative estimate of drug-likeness (QED) is 0.691. The molecule has 154 valence electrons. The van der Waals surface area contributed by atoms with E-state index in [0.29, 0.717) is 0 Å². The van der Waals surface area contributed by atoms with Crippen LogP contribution in [0.15, 0.2) is 23.4 Å². The Hall–Kier alpha value is -2.46. The van der Waals surface area contributed by atoms with Crippen molar-refractivity contribution in [3.63, 3.8) is 0 Å². The summed E-state index contributed by atoms with van der Waals surface area (Å²) in [5.74, 6) is 0. The molecule has 1 aliphatic rings. The molecular formula is C18H17ClF3N5O2. The SMILES string of the molecule is CC[C@@](O)(c1cnc(C(F)(F)F)c(Cl)c1)c1c2ncn(C3CC3)c(=O)c2nn1C. The highest BCUT2D eigenvalue weighted by molar-refractivity contribution is 6.31. The Kier molecular flexibility index (Phi) is 4.47. The molecule has 3 aromatic heterocycles. The van der Waals surface area contributed by atoms with E-state index in [1.54, 1.807) is 6.92 Å². The first-order valence-electron chi connectivity index (χ1n) is 8.97. The van der Waals surface area contributed by atoms with Gasteiger partial charge in [0.1, 0.15) is 16.8 Å². The predicted octanol–water partition coefficient (Wildman–Crippen LogP) is 3.18. The zero-order valence-electron chi connectivity index (χ0n) is 15.5. The molecule has 4 rings (SSSR count). The van der Waals surface area contributed by atoms with Crippen molar-refractivity contribution in [2.24, 2.45) is 7.05 Å². The van der Waals surface area contributed by atoms with E-state index in [2.05, 4.69) is 15.1 Å². The van der Waals surface area contributed by atoms with E-state index in [-0.39, 0.29) is 40.3 Å². The molecule has 3 heterocycles. The van der Waals surface area contributed by atoms with Crippen LogP contribution in [-0.2, 0) is 18.8 Å². The molecule has 0 radical (unpaired) electrons. The summed E-state index contributed by atoms with van der Waals surface area (Å²) in [7, 11) is 1.54. The van der Waals surface area contributed by atoms with Crippen LogP contribution in [0.25, 0.3) is 11.0 Å². The average molecular weight is 428 g/mol. The number of aromatic nitrogens is 5. The lowest BCUT2D eigenvalue weighted by Crippen LogP contribution is -2.30. The van der Waals surface area contributed by atoms with E-state index >= 15 is 0 Å². The molecule has 0 aliphatic heterocycles. The number of aliphatic hydroxyl groups is 1. The van der Waals surface area contributed by atoms with Crippen LogP contribution in [0.5, 0.6) is 0 Å². The van der Waals surface area contributed by atoms with Crippen molar-refractivity contribution in [3.8, 4) is 0 Å². The van der Waals surface area contributed by atoms with Gasteiger partial charge in [0.2, 0.25) is 0 Å². The number of halogens is 4. The van der Waals surface area contributed by atoms with Crippen LogP contribution < -0.4 is 5.56 Å². The number of alkyl halides is 3.